The molecule has 1 N–H and O–H groups in total. The van der Waals surface area contributed by atoms with Gasteiger partial charge in [-0.15, -0.1) is 0 Å². The van der Waals surface area contributed by atoms with Crippen molar-refractivity contribution in [3.05, 3.63) is 53.8 Å². The third kappa shape index (κ3) is 3.35. The van der Waals surface area contributed by atoms with Gasteiger partial charge in [-0.2, -0.15) is 0 Å². The first kappa shape index (κ1) is 18.1. The van der Waals surface area contributed by atoms with Crippen LogP contribution in [0.3, 0.4) is 0 Å². The monoisotopic (exact) mass is 360 g/mol. The van der Waals surface area contributed by atoms with E-state index < -0.39 is 16.4 Å². The Labute approximate surface area is 151 Å². The molecule has 134 valence electrons. The van der Waals surface area contributed by atoms with Crippen LogP contribution in [0.1, 0.15) is 18.9 Å². The number of hydrogen-bond acceptors (Lipinski definition) is 4. The van der Waals surface area contributed by atoms with E-state index in [9.17, 15) is 14.1 Å². The molecule has 0 heterocycles. The highest BCUT2D eigenvalue weighted by Gasteiger charge is 2.51. The van der Waals surface area contributed by atoms with Crippen LogP contribution >= 0.6 is 0 Å². The molecule has 0 saturated carbocycles. The van der Waals surface area contributed by atoms with Crippen molar-refractivity contribution >= 4 is 16.6 Å². The number of ketones is 1. The molecule has 0 aliphatic heterocycles. The molecule has 0 aromatic heterocycles. The number of carbonyl (C=O) groups excluding carboxylic acids is 1. The number of rotatable bonds is 4. The van der Waals surface area contributed by atoms with Crippen LogP contribution in [0, 0.1) is 24.7 Å². The van der Waals surface area contributed by atoms with Gasteiger partial charge < -0.3 is 9.84 Å². The summed E-state index contributed by atoms with van der Waals surface area (Å²) in [4.78, 5) is 13.3. The van der Waals surface area contributed by atoms with Crippen molar-refractivity contribution in [2.45, 2.75) is 30.8 Å². The summed E-state index contributed by atoms with van der Waals surface area (Å²) in [6.07, 6.45) is 6.09. The van der Waals surface area contributed by atoms with Crippen LogP contribution in [0.25, 0.3) is 0 Å². The fraction of sp³-hybridized carbons (Fsp3) is 0.450. The summed E-state index contributed by atoms with van der Waals surface area (Å²) in [5, 5.41) is 11.4. The van der Waals surface area contributed by atoms with Crippen molar-refractivity contribution in [3.8, 4) is 0 Å². The first-order chi connectivity index (χ1) is 11.9. The average Bonchev–Trinajstić information content (AvgIpc) is 2.58. The van der Waals surface area contributed by atoms with Gasteiger partial charge in [0.15, 0.2) is 5.76 Å². The largest absolute Gasteiger partial charge is 0.493 e. The Morgan fingerprint density at radius 3 is 2.64 bits per heavy atom. The molecule has 2 aliphatic carbocycles. The van der Waals surface area contributed by atoms with Crippen LogP contribution in [0.15, 0.2) is 53.1 Å². The lowest BCUT2D eigenvalue weighted by molar-refractivity contribution is -0.131. The van der Waals surface area contributed by atoms with Crippen molar-refractivity contribution in [2.75, 3.05) is 12.9 Å². The topological polar surface area (TPSA) is 63.6 Å². The Morgan fingerprint density at radius 2 is 2.00 bits per heavy atom. The minimum Gasteiger partial charge on any atom is -0.493 e. The summed E-state index contributed by atoms with van der Waals surface area (Å²) in [5.74, 6) is -0.456. The van der Waals surface area contributed by atoms with Gasteiger partial charge in [-0.1, -0.05) is 36.8 Å². The summed E-state index contributed by atoms with van der Waals surface area (Å²) in [6.45, 7) is 3.95. The smallest absolute Gasteiger partial charge is 0.201 e. The average molecular weight is 360 g/mol. The standard InChI is InChI=1S/C20H24O4S/c1-13-7-9-15(10-8-13)25(23)12-20(22)11-17(24-3)19(21)18-14(2)5-4-6-16(18)20/h4-5,7-11,14,16,18,22H,6,12H2,1-3H3/t14-,16+,18-,20+,25+/m0/s1. The van der Waals surface area contributed by atoms with Crippen molar-refractivity contribution < 1.29 is 18.8 Å². The molecule has 1 aromatic rings. The van der Waals surface area contributed by atoms with Crippen LogP contribution < -0.4 is 0 Å². The molecule has 0 amide bonds. The maximum absolute atomic E-state index is 12.8. The lowest BCUT2D eigenvalue weighted by Gasteiger charge is -2.44. The lowest BCUT2D eigenvalue weighted by atomic mass is 9.64. The van der Waals surface area contributed by atoms with Crippen molar-refractivity contribution in [2.24, 2.45) is 17.8 Å². The van der Waals surface area contributed by atoms with Gasteiger partial charge in [0.25, 0.3) is 0 Å². The number of aryl methyl sites for hydroxylation is 1. The summed E-state index contributed by atoms with van der Waals surface area (Å²) in [5.41, 5.74) is -0.241. The second-order valence-corrected chi connectivity index (χ2v) is 8.48. The van der Waals surface area contributed by atoms with E-state index in [0.717, 1.165) is 5.56 Å². The van der Waals surface area contributed by atoms with Gasteiger partial charge in [-0.3, -0.25) is 9.00 Å². The first-order valence-corrected chi connectivity index (χ1v) is 9.83. The minimum absolute atomic E-state index is 0.0180. The van der Waals surface area contributed by atoms with Crippen LogP contribution in [0.2, 0.25) is 0 Å². The fourth-order valence-electron chi connectivity index (χ4n) is 3.87. The molecule has 25 heavy (non-hydrogen) atoms. The number of ether oxygens (including phenoxy) is 1. The second-order valence-electron chi connectivity index (χ2n) is 7.03. The molecular formula is C20H24O4S. The van der Waals surface area contributed by atoms with Crippen molar-refractivity contribution in [1.29, 1.82) is 0 Å². The molecule has 0 saturated heterocycles. The molecule has 0 spiro atoms. The van der Waals surface area contributed by atoms with E-state index in [1.165, 1.54) is 13.2 Å². The van der Waals surface area contributed by atoms with Crippen LogP contribution in [0.5, 0.6) is 0 Å². The van der Waals surface area contributed by atoms with E-state index in [0.29, 0.717) is 11.3 Å². The third-order valence-corrected chi connectivity index (χ3v) is 6.79. The van der Waals surface area contributed by atoms with Gasteiger partial charge >= 0.3 is 0 Å². The van der Waals surface area contributed by atoms with E-state index >= 15 is 0 Å². The molecule has 0 unspecified atom stereocenters. The number of methoxy groups -OCH3 is 1. The number of hydrogen-bond donors (Lipinski definition) is 1. The first-order valence-electron chi connectivity index (χ1n) is 8.51. The van der Waals surface area contributed by atoms with Gasteiger partial charge in [0, 0.05) is 16.7 Å². The summed E-state index contributed by atoms with van der Waals surface area (Å²) in [6, 6.07) is 7.47. The predicted molar refractivity (Wildman–Crippen MR) is 97.4 cm³/mol. The molecule has 2 aliphatic rings. The van der Waals surface area contributed by atoms with Gasteiger partial charge in [0.2, 0.25) is 5.78 Å². The number of aliphatic hydroxyl groups is 1. The molecule has 0 bridgehead atoms. The van der Waals surface area contributed by atoms with Crippen molar-refractivity contribution in [3.63, 3.8) is 0 Å². The molecular weight excluding hydrogens is 336 g/mol. The highest BCUT2D eigenvalue weighted by molar-refractivity contribution is 7.85. The SMILES string of the molecule is COC1=C[C@@](O)(C[S@@](=O)c2ccc(C)cc2)[C@@H]2CC=C[C@H](C)[C@@H]2C1=O. The molecule has 0 radical (unpaired) electrons. The zero-order chi connectivity index (χ0) is 18.2. The summed E-state index contributed by atoms with van der Waals surface area (Å²) >= 11 is 0. The van der Waals surface area contributed by atoms with E-state index in [1.54, 1.807) is 0 Å². The van der Waals surface area contributed by atoms with Gasteiger partial charge in [0.05, 0.1) is 23.7 Å². The Hall–Kier alpha value is -1.72. The number of carbonyl (C=O) groups is 1. The molecule has 5 heteroatoms. The number of allylic oxidation sites excluding steroid dienone is 3. The number of fused-ring (bicyclic) bond motifs is 1. The van der Waals surface area contributed by atoms with Gasteiger partial charge in [-0.05, 0) is 37.5 Å². The van der Waals surface area contributed by atoms with E-state index in [4.69, 9.17) is 4.74 Å². The minimum atomic E-state index is -1.37. The van der Waals surface area contributed by atoms with E-state index in [1.807, 2.05) is 50.3 Å². The van der Waals surface area contributed by atoms with Crippen LogP contribution in [-0.2, 0) is 20.3 Å². The maximum Gasteiger partial charge on any atom is 0.201 e. The normalized spacial score (nSPS) is 32.7. The molecule has 5 atom stereocenters. The summed E-state index contributed by atoms with van der Waals surface area (Å²) < 4.78 is 18.1. The van der Waals surface area contributed by atoms with Gasteiger partial charge in [-0.25, -0.2) is 0 Å². The zero-order valence-electron chi connectivity index (χ0n) is 14.8. The maximum atomic E-state index is 12.8. The Kier molecular flexibility index (Phi) is 4.98. The Morgan fingerprint density at radius 1 is 1.32 bits per heavy atom. The van der Waals surface area contributed by atoms with E-state index in [2.05, 4.69) is 0 Å². The number of Topliss-reactive ketones (excluding diaryl/α,β-unsaturated/α-hetero) is 1. The molecule has 1 aromatic carbocycles. The van der Waals surface area contributed by atoms with Crippen LogP contribution in [-0.4, -0.2) is 33.6 Å². The molecule has 3 rings (SSSR count). The zero-order valence-corrected chi connectivity index (χ0v) is 15.6. The van der Waals surface area contributed by atoms with Gasteiger partial charge in [0.1, 0.15) is 5.60 Å². The van der Waals surface area contributed by atoms with E-state index in [-0.39, 0.29) is 35.0 Å². The number of benzene rings is 1. The lowest BCUT2D eigenvalue weighted by Crippen LogP contribution is -2.53. The van der Waals surface area contributed by atoms with Crippen molar-refractivity contribution in [1.82, 2.24) is 0 Å². The third-order valence-electron chi connectivity index (χ3n) is 5.26. The summed E-state index contributed by atoms with van der Waals surface area (Å²) in [7, 11) is 0.0666. The molecule has 0 fully saturated rings. The highest BCUT2D eigenvalue weighted by atomic mass is 32.2. The highest BCUT2D eigenvalue weighted by Crippen LogP contribution is 2.44. The second kappa shape index (κ2) is 6.89. The predicted octanol–water partition coefficient (Wildman–Crippen LogP) is 2.78. The molecule has 4 nitrogen and oxygen atoms in total. The Balaban J connectivity index is 1.95. The Bertz CT molecular complexity index is 749. The fourth-order valence-corrected chi connectivity index (χ4v) is 5.19. The quantitative estimate of drug-likeness (QED) is 0.839. The van der Waals surface area contributed by atoms with Crippen LogP contribution in [0.4, 0.5) is 0 Å².